The van der Waals surface area contributed by atoms with E-state index in [9.17, 15) is 4.79 Å². The van der Waals surface area contributed by atoms with E-state index < -0.39 is 0 Å². The molecule has 5 nitrogen and oxygen atoms in total. The molecule has 0 aliphatic rings. The zero-order chi connectivity index (χ0) is 20.2. The van der Waals surface area contributed by atoms with Crippen LogP contribution < -0.4 is 5.32 Å². The molecule has 3 aromatic carbocycles. The number of aryl methyl sites for hydroxylation is 1. The summed E-state index contributed by atoms with van der Waals surface area (Å²) >= 11 is 3.45. The SMILES string of the molecule is CCc1ccccc1NC(=O)c1ccc(-n2nncc2-c2ccc(Br)cc2)cc1. The van der Waals surface area contributed by atoms with Crippen molar-refractivity contribution in [3.8, 4) is 16.9 Å². The Morgan fingerprint density at radius 2 is 1.72 bits per heavy atom. The van der Waals surface area contributed by atoms with Crippen LogP contribution in [-0.4, -0.2) is 20.9 Å². The zero-order valence-electron chi connectivity index (χ0n) is 15.8. The number of carbonyl (C=O) groups excluding carboxylic acids is 1. The predicted molar refractivity (Wildman–Crippen MR) is 118 cm³/mol. The van der Waals surface area contributed by atoms with Gasteiger partial charge in [-0.05, 0) is 54.4 Å². The van der Waals surface area contributed by atoms with Crippen LogP contribution in [0.15, 0.2) is 83.5 Å². The van der Waals surface area contributed by atoms with E-state index in [1.165, 1.54) is 0 Å². The molecule has 0 spiro atoms. The molecule has 4 aromatic rings. The van der Waals surface area contributed by atoms with Gasteiger partial charge in [0.2, 0.25) is 0 Å². The lowest BCUT2D eigenvalue weighted by molar-refractivity contribution is 0.102. The second kappa shape index (κ2) is 8.41. The minimum Gasteiger partial charge on any atom is -0.322 e. The van der Waals surface area contributed by atoms with Crippen molar-refractivity contribution in [3.63, 3.8) is 0 Å². The largest absolute Gasteiger partial charge is 0.322 e. The van der Waals surface area contributed by atoms with E-state index in [1.807, 2.05) is 60.7 Å². The fourth-order valence-corrected chi connectivity index (χ4v) is 3.41. The standard InChI is InChI=1S/C23H19BrN4O/c1-2-16-5-3-4-6-21(16)26-23(29)18-9-13-20(14-10-18)28-22(15-25-27-28)17-7-11-19(24)12-8-17/h3-15H,2H2,1H3,(H,26,29). The topological polar surface area (TPSA) is 59.8 Å². The first-order valence-corrected chi connectivity index (χ1v) is 10.1. The fourth-order valence-electron chi connectivity index (χ4n) is 3.14. The number of amides is 1. The first kappa shape index (κ1) is 19.1. The molecule has 0 saturated carbocycles. The summed E-state index contributed by atoms with van der Waals surface area (Å²) < 4.78 is 2.78. The lowest BCUT2D eigenvalue weighted by Gasteiger charge is -2.11. The minimum absolute atomic E-state index is 0.135. The Bertz CT molecular complexity index is 1130. The summed E-state index contributed by atoms with van der Waals surface area (Å²) in [6.45, 7) is 2.07. The molecular weight excluding hydrogens is 428 g/mol. The smallest absolute Gasteiger partial charge is 0.255 e. The molecular formula is C23H19BrN4O. The van der Waals surface area contributed by atoms with Gasteiger partial charge < -0.3 is 5.32 Å². The van der Waals surface area contributed by atoms with Crippen LogP contribution in [0.3, 0.4) is 0 Å². The number of aromatic nitrogens is 3. The average molecular weight is 447 g/mol. The van der Waals surface area contributed by atoms with E-state index in [-0.39, 0.29) is 5.91 Å². The van der Waals surface area contributed by atoms with E-state index in [0.717, 1.165) is 39.1 Å². The van der Waals surface area contributed by atoms with Crippen molar-refractivity contribution in [2.24, 2.45) is 0 Å². The predicted octanol–water partition coefficient (Wildman–Crippen LogP) is 5.51. The Hall–Kier alpha value is -3.25. The number of benzene rings is 3. The average Bonchev–Trinajstić information content (AvgIpc) is 3.24. The van der Waals surface area contributed by atoms with Crippen LogP contribution in [0.2, 0.25) is 0 Å². The van der Waals surface area contributed by atoms with E-state index in [0.29, 0.717) is 5.56 Å². The molecule has 0 fully saturated rings. The Labute approximate surface area is 177 Å². The molecule has 29 heavy (non-hydrogen) atoms. The van der Waals surface area contributed by atoms with E-state index in [4.69, 9.17) is 0 Å². The summed E-state index contributed by atoms with van der Waals surface area (Å²) in [4.78, 5) is 12.7. The van der Waals surface area contributed by atoms with Gasteiger partial charge in [-0.3, -0.25) is 4.79 Å². The van der Waals surface area contributed by atoms with Crippen molar-refractivity contribution in [2.45, 2.75) is 13.3 Å². The lowest BCUT2D eigenvalue weighted by atomic mass is 10.1. The minimum atomic E-state index is -0.135. The second-order valence-electron chi connectivity index (χ2n) is 6.55. The molecule has 4 rings (SSSR count). The molecule has 1 heterocycles. The Morgan fingerprint density at radius 1 is 1.00 bits per heavy atom. The Balaban J connectivity index is 1.57. The van der Waals surface area contributed by atoms with Crippen LogP contribution >= 0.6 is 15.9 Å². The summed E-state index contributed by atoms with van der Waals surface area (Å²) in [7, 11) is 0. The number of hydrogen-bond donors (Lipinski definition) is 1. The lowest BCUT2D eigenvalue weighted by Crippen LogP contribution is -2.13. The maximum absolute atomic E-state index is 12.7. The molecule has 0 bridgehead atoms. The van der Waals surface area contributed by atoms with Crippen molar-refractivity contribution in [1.29, 1.82) is 0 Å². The fraction of sp³-hybridized carbons (Fsp3) is 0.0870. The van der Waals surface area contributed by atoms with E-state index in [1.54, 1.807) is 23.0 Å². The number of nitrogens with one attached hydrogen (secondary N) is 1. The molecule has 6 heteroatoms. The highest BCUT2D eigenvalue weighted by molar-refractivity contribution is 9.10. The van der Waals surface area contributed by atoms with Crippen molar-refractivity contribution in [2.75, 3.05) is 5.32 Å². The first-order valence-electron chi connectivity index (χ1n) is 9.32. The number of hydrogen-bond acceptors (Lipinski definition) is 3. The Kier molecular flexibility index (Phi) is 5.53. The van der Waals surface area contributed by atoms with Gasteiger partial charge >= 0.3 is 0 Å². The van der Waals surface area contributed by atoms with Gasteiger partial charge in [-0.25, -0.2) is 4.68 Å². The van der Waals surface area contributed by atoms with Gasteiger partial charge in [-0.2, -0.15) is 0 Å². The quantitative estimate of drug-likeness (QED) is 0.439. The Morgan fingerprint density at radius 3 is 2.45 bits per heavy atom. The molecule has 1 aromatic heterocycles. The summed E-state index contributed by atoms with van der Waals surface area (Å²) in [6.07, 6.45) is 2.59. The molecule has 0 aliphatic heterocycles. The third kappa shape index (κ3) is 4.12. The third-order valence-electron chi connectivity index (χ3n) is 4.71. The maximum Gasteiger partial charge on any atom is 0.255 e. The first-order chi connectivity index (χ1) is 14.2. The van der Waals surface area contributed by atoms with Gasteiger partial charge in [-0.15, -0.1) is 5.10 Å². The molecule has 0 unspecified atom stereocenters. The highest BCUT2D eigenvalue weighted by Crippen LogP contribution is 2.24. The second-order valence-corrected chi connectivity index (χ2v) is 7.47. The van der Waals surface area contributed by atoms with Gasteiger partial charge in [0.05, 0.1) is 17.6 Å². The van der Waals surface area contributed by atoms with Crippen LogP contribution in [0.4, 0.5) is 5.69 Å². The third-order valence-corrected chi connectivity index (χ3v) is 5.24. The van der Waals surface area contributed by atoms with Crippen molar-refractivity contribution >= 4 is 27.5 Å². The van der Waals surface area contributed by atoms with Crippen LogP contribution in [0.5, 0.6) is 0 Å². The highest BCUT2D eigenvalue weighted by atomic mass is 79.9. The summed E-state index contributed by atoms with van der Waals surface area (Å²) in [5.74, 6) is -0.135. The molecule has 144 valence electrons. The number of rotatable bonds is 5. The van der Waals surface area contributed by atoms with Gasteiger partial charge in [0.15, 0.2) is 0 Å². The number of carbonyl (C=O) groups is 1. The molecule has 0 saturated heterocycles. The van der Waals surface area contributed by atoms with Crippen molar-refractivity contribution in [3.05, 3.63) is 94.6 Å². The normalized spacial score (nSPS) is 10.7. The van der Waals surface area contributed by atoms with E-state index >= 15 is 0 Å². The molecule has 1 N–H and O–H groups in total. The molecule has 0 atom stereocenters. The van der Waals surface area contributed by atoms with Crippen molar-refractivity contribution in [1.82, 2.24) is 15.0 Å². The summed E-state index contributed by atoms with van der Waals surface area (Å²) in [5, 5.41) is 11.3. The number of anilines is 1. The number of halogens is 1. The molecule has 1 amide bonds. The molecule has 0 radical (unpaired) electrons. The summed E-state index contributed by atoms with van der Waals surface area (Å²) in [5.41, 5.74) is 5.27. The van der Waals surface area contributed by atoms with Gasteiger partial charge in [0, 0.05) is 21.3 Å². The summed E-state index contributed by atoms with van der Waals surface area (Å²) in [6, 6.07) is 23.2. The van der Waals surface area contributed by atoms with Crippen LogP contribution in [-0.2, 0) is 6.42 Å². The van der Waals surface area contributed by atoms with Crippen LogP contribution in [0, 0.1) is 0 Å². The van der Waals surface area contributed by atoms with Gasteiger partial charge in [0.25, 0.3) is 5.91 Å². The van der Waals surface area contributed by atoms with E-state index in [2.05, 4.69) is 38.5 Å². The monoisotopic (exact) mass is 446 g/mol. The van der Waals surface area contributed by atoms with Crippen LogP contribution in [0.1, 0.15) is 22.8 Å². The van der Waals surface area contributed by atoms with Gasteiger partial charge in [-0.1, -0.05) is 58.4 Å². The maximum atomic E-state index is 12.7. The number of nitrogens with zero attached hydrogens (tertiary/aromatic N) is 3. The van der Waals surface area contributed by atoms with Crippen molar-refractivity contribution < 1.29 is 4.79 Å². The highest BCUT2D eigenvalue weighted by Gasteiger charge is 2.11. The number of para-hydroxylation sites is 1. The zero-order valence-corrected chi connectivity index (χ0v) is 17.4. The van der Waals surface area contributed by atoms with Crippen LogP contribution in [0.25, 0.3) is 16.9 Å². The molecule has 0 aliphatic carbocycles. The van der Waals surface area contributed by atoms with Gasteiger partial charge in [0.1, 0.15) is 0 Å².